The number of aliphatic hydroxyl groups is 1. The largest absolute Gasteiger partial charge is 0.449 e. The number of carbonyl (C=O) groups is 2. The van der Waals surface area contributed by atoms with Crippen LogP contribution in [-0.2, 0) is 16.1 Å². The Hall–Kier alpha value is -3.92. The number of carbonyl (C=O) groups excluding carboxylic acids is 2. The molecule has 8 nitrogen and oxygen atoms in total. The molecule has 2 rings (SSSR count). The van der Waals surface area contributed by atoms with Crippen molar-refractivity contribution in [2.45, 2.75) is 53.6 Å². The van der Waals surface area contributed by atoms with Gasteiger partial charge in [0.1, 0.15) is 0 Å². The van der Waals surface area contributed by atoms with Crippen LogP contribution in [0.3, 0.4) is 0 Å². The van der Waals surface area contributed by atoms with Gasteiger partial charge in [0, 0.05) is 24.7 Å². The molecule has 2 atom stereocenters. The molecule has 2 aromatic carbocycles. The number of hydrogen-bond donors (Lipinski definition) is 3. The van der Waals surface area contributed by atoms with Gasteiger partial charge in [-0.3, -0.25) is 10.1 Å². The fourth-order valence-corrected chi connectivity index (χ4v) is 3.10. The normalized spacial score (nSPS) is 11.8. The lowest BCUT2D eigenvalue weighted by atomic mass is 10.0. The van der Waals surface area contributed by atoms with Crippen molar-refractivity contribution in [3.63, 3.8) is 0 Å². The van der Waals surface area contributed by atoms with Gasteiger partial charge in [-0.2, -0.15) is 4.91 Å². The molecule has 214 valence electrons. The number of nitrogens with zero attached hydrogens (tertiary/aromatic N) is 1. The summed E-state index contributed by atoms with van der Waals surface area (Å²) < 4.78 is 30.6. The highest BCUT2D eigenvalue weighted by Crippen LogP contribution is 2.15. The standard InChI is InChI=1S/C18H24N2O4.C9H9F2NO.C2H6/c1-13(9-15(3)20-23)12-24-18(22)19-14(2)10-17(11-21)16-7-5-4-6-8-16;1-6(13)12-5-7-3-2-4-8(10)9(7)11;1-2/h4-8,10,13,15,21H,2,9,11-12H2,1,3H3,(H,19,22);2-4H,5H2,1H3,(H,12,13);1-2H3/b17-10+;;/t13?,15-;;/m0../s1. The second-order valence-electron chi connectivity index (χ2n) is 8.36. The third-order valence-electron chi connectivity index (χ3n) is 4.91. The minimum absolute atomic E-state index is 0.0128. The number of allylic oxidation sites excluding steroid dienone is 1. The van der Waals surface area contributed by atoms with E-state index < -0.39 is 17.7 Å². The second-order valence-corrected chi connectivity index (χ2v) is 8.36. The molecule has 0 saturated carbocycles. The van der Waals surface area contributed by atoms with Crippen molar-refractivity contribution in [3.8, 4) is 0 Å². The van der Waals surface area contributed by atoms with Crippen molar-refractivity contribution in [1.82, 2.24) is 10.6 Å². The molecule has 0 fully saturated rings. The van der Waals surface area contributed by atoms with Crippen LogP contribution in [0.25, 0.3) is 5.57 Å². The van der Waals surface area contributed by atoms with Crippen molar-refractivity contribution in [1.29, 1.82) is 0 Å². The maximum Gasteiger partial charge on any atom is 0.411 e. The quantitative estimate of drug-likeness (QED) is 0.232. The van der Waals surface area contributed by atoms with Gasteiger partial charge in [-0.15, -0.1) is 0 Å². The highest BCUT2D eigenvalue weighted by atomic mass is 19.2. The Morgan fingerprint density at radius 1 is 1.10 bits per heavy atom. The van der Waals surface area contributed by atoms with Crippen LogP contribution in [0.4, 0.5) is 13.6 Å². The zero-order valence-electron chi connectivity index (χ0n) is 23.2. The molecule has 2 amide bonds. The molecule has 0 saturated heterocycles. The SMILES string of the molecule is C=C(/C=C(\CO)c1ccccc1)NC(=O)OCC(C)C[C@H](C)N=O.CC.CC(=O)NCc1cccc(F)c1F. The summed E-state index contributed by atoms with van der Waals surface area (Å²) in [5.41, 5.74) is 1.96. The Labute approximate surface area is 229 Å². The average Bonchev–Trinajstić information content (AvgIpc) is 2.93. The Kier molecular flexibility index (Phi) is 18.1. The monoisotopic (exact) mass is 547 g/mol. The summed E-state index contributed by atoms with van der Waals surface area (Å²) in [6.45, 7) is 12.7. The molecule has 0 aliphatic rings. The van der Waals surface area contributed by atoms with E-state index in [1.54, 1.807) is 13.0 Å². The fraction of sp³-hybridized carbons (Fsp3) is 0.379. The van der Waals surface area contributed by atoms with E-state index in [4.69, 9.17) is 4.74 Å². The van der Waals surface area contributed by atoms with E-state index in [1.807, 2.05) is 51.1 Å². The number of halogens is 2. The Bertz CT molecular complexity index is 1080. The number of hydrogen-bond acceptors (Lipinski definition) is 6. The highest BCUT2D eigenvalue weighted by Gasteiger charge is 2.12. The zero-order chi connectivity index (χ0) is 29.8. The first-order valence-corrected chi connectivity index (χ1v) is 12.6. The van der Waals surface area contributed by atoms with Crippen molar-refractivity contribution < 1.29 is 28.2 Å². The fourth-order valence-electron chi connectivity index (χ4n) is 3.10. The van der Waals surface area contributed by atoms with Crippen LogP contribution < -0.4 is 10.6 Å². The van der Waals surface area contributed by atoms with Crippen LogP contribution in [0.5, 0.6) is 0 Å². The van der Waals surface area contributed by atoms with Crippen LogP contribution in [0.2, 0.25) is 0 Å². The van der Waals surface area contributed by atoms with Gasteiger partial charge in [0.15, 0.2) is 11.6 Å². The number of ether oxygens (including phenoxy) is 1. The molecule has 3 N–H and O–H groups in total. The smallest absolute Gasteiger partial charge is 0.411 e. The van der Waals surface area contributed by atoms with Gasteiger partial charge in [-0.05, 0) is 42.5 Å². The summed E-state index contributed by atoms with van der Waals surface area (Å²) in [5, 5.41) is 17.3. The summed E-state index contributed by atoms with van der Waals surface area (Å²) >= 11 is 0. The first-order chi connectivity index (χ1) is 18.6. The number of alkyl carbamates (subject to hydrolysis) is 1. The Balaban J connectivity index is 0.000000808. The van der Waals surface area contributed by atoms with Gasteiger partial charge in [0.25, 0.3) is 0 Å². The summed E-state index contributed by atoms with van der Waals surface area (Å²) in [4.78, 5) is 32.6. The van der Waals surface area contributed by atoms with E-state index in [-0.39, 0.29) is 43.2 Å². The van der Waals surface area contributed by atoms with Gasteiger partial charge in [0.05, 0.1) is 19.3 Å². The van der Waals surface area contributed by atoms with E-state index in [1.165, 1.54) is 19.1 Å². The predicted molar refractivity (Wildman–Crippen MR) is 149 cm³/mol. The lowest BCUT2D eigenvalue weighted by Gasteiger charge is -2.14. The van der Waals surface area contributed by atoms with E-state index in [0.29, 0.717) is 17.7 Å². The summed E-state index contributed by atoms with van der Waals surface area (Å²) in [5.74, 6) is -2.05. The lowest BCUT2D eigenvalue weighted by molar-refractivity contribution is -0.119. The highest BCUT2D eigenvalue weighted by molar-refractivity contribution is 5.74. The third kappa shape index (κ3) is 15.2. The van der Waals surface area contributed by atoms with Gasteiger partial charge in [-0.1, -0.05) is 75.0 Å². The van der Waals surface area contributed by atoms with E-state index in [0.717, 1.165) is 11.6 Å². The van der Waals surface area contributed by atoms with Crippen molar-refractivity contribution in [3.05, 3.63) is 94.6 Å². The molecule has 39 heavy (non-hydrogen) atoms. The van der Waals surface area contributed by atoms with Gasteiger partial charge in [0.2, 0.25) is 5.91 Å². The number of nitrogens with one attached hydrogen (secondary N) is 2. The predicted octanol–water partition coefficient (Wildman–Crippen LogP) is 6.11. The molecule has 0 heterocycles. The third-order valence-corrected chi connectivity index (χ3v) is 4.91. The molecule has 0 aliphatic heterocycles. The van der Waals surface area contributed by atoms with E-state index in [9.17, 15) is 28.4 Å². The number of aliphatic hydroxyl groups excluding tert-OH is 1. The van der Waals surface area contributed by atoms with Crippen LogP contribution in [0.1, 0.15) is 52.2 Å². The molecule has 10 heteroatoms. The number of amides is 2. The molecule has 0 spiro atoms. The number of benzene rings is 2. The van der Waals surface area contributed by atoms with Crippen LogP contribution in [0.15, 0.2) is 72.1 Å². The molecule has 0 aromatic heterocycles. The van der Waals surface area contributed by atoms with Crippen molar-refractivity contribution >= 4 is 17.6 Å². The lowest BCUT2D eigenvalue weighted by Crippen LogP contribution is -2.25. The molecular weight excluding hydrogens is 508 g/mol. The van der Waals surface area contributed by atoms with Crippen LogP contribution >= 0.6 is 0 Å². The van der Waals surface area contributed by atoms with Crippen LogP contribution in [0, 0.1) is 22.5 Å². The minimum Gasteiger partial charge on any atom is -0.449 e. The Morgan fingerprint density at radius 3 is 2.31 bits per heavy atom. The molecule has 0 bridgehead atoms. The molecule has 2 aromatic rings. The van der Waals surface area contributed by atoms with E-state index in [2.05, 4.69) is 22.4 Å². The number of rotatable bonds is 11. The molecule has 0 aliphatic carbocycles. The summed E-state index contributed by atoms with van der Waals surface area (Å²) in [6.07, 6.45) is 1.53. The molecule has 1 unspecified atom stereocenters. The molecular formula is C29H39F2N3O5. The van der Waals surface area contributed by atoms with Crippen LogP contribution in [-0.4, -0.2) is 36.4 Å². The van der Waals surface area contributed by atoms with Crippen molar-refractivity contribution in [2.24, 2.45) is 11.1 Å². The number of nitroso groups, excluding NO2 is 1. The summed E-state index contributed by atoms with van der Waals surface area (Å²) in [7, 11) is 0. The topological polar surface area (TPSA) is 117 Å². The van der Waals surface area contributed by atoms with Gasteiger partial charge >= 0.3 is 6.09 Å². The first kappa shape index (κ1) is 35.1. The summed E-state index contributed by atoms with van der Waals surface area (Å²) in [6, 6.07) is 12.9. The second kappa shape index (κ2) is 20.1. The Morgan fingerprint density at radius 2 is 1.74 bits per heavy atom. The zero-order valence-corrected chi connectivity index (χ0v) is 23.2. The van der Waals surface area contributed by atoms with Gasteiger partial charge in [-0.25, -0.2) is 13.6 Å². The van der Waals surface area contributed by atoms with Gasteiger partial charge < -0.3 is 15.2 Å². The maximum atomic E-state index is 12.9. The molecule has 0 radical (unpaired) electrons. The van der Waals surface area contributed by atoms with Crippen molar-refractivity contribution in [2.75, 3.05) is 13.2 Å². The maximum absolute atomic E-state index is 12.9. The minimum atomic E-state index is -0.906. The average molecular weight is 548 g/mol. The van der Waals surface area contributed by atoms with E-state index >= 15 is 0 Å². The first-order valence-electron chi connectivity index (χ1n) is 12.6.